The van der Waals surface area contributed by atoms with Gasteiger partial charge in [0, 0.05) is 65.1 Å². The summed E-state index contributed by atoms with van der Waals surface area (Å²) in [5, 5.41) is 8.63. The predicted molar refractivity (Wildman–Crippen MR) is 138 cm³/mol. The molecule has 1 amide bonds. The molecule has 0 radical (unpaired) electrons. The molecule has 2 saturated heterocycles. The second-order valence-electron chi connectivity index (χ2n) is 11.0. The zero-order valence-corrected chi connectivity index (χ0v) is 21.5. The number of anilines is 1. The zero-order valence-electron chi connectivity index (χ0n) is 20.8. The van der Waals surface area contributed by atoms with Gasteiger partial charge in [-0.15, -0.1) is 0 Å². The number of aromatic nitrogens is 3. The number of rotatable bonds is 3. The summed E-state index contributed by atoms with van der Waals surface area (Å²) in [4.78, 5) is 20.7. The van der Waals surface area contributed by atoms with E-state index in [9.17, 15) is 4.79 Å². The van der Waals surface area contributed by atoms with E-state index in [4.69, 9.17) is 21.3 Å². The fourth-order valence-electron chi connectivity index (χ4n) is 6.02. The number of fused-ring (bicyclic) bond motifs is 2. The molecule has 188 valence electrons. The van der Waals surface area contributed by atoms with Gasteiger partial charge in [0.2, 0.25) is 5.91 Å². The minimum Gasteiger partial charge on any atom is -0.370 e. The smallest absolute Gasteiger partial charge is 0.245 e. The molecular formula is C27H29ClFN5O2. The standard InChI is InChI=1S/C27H29ClFN5O2/c1-5-20(35)34-13-27(14-34)6-7-33(12-27)25-23(29)22(17-11-36-26(3,4)9-19(17)31-25)21-15(2)18(28)8-16-10-30-32-24(16)21/h5,8,10H,1,6-7,9,11-14H2,2-4H3,(H,30,32). The molecule has 2 aromatic heterocycles. The Kier molecular flexibility index (Phi) is 5.22. The van der Waals surface area contributed by atoms with Crippen LogP contribution in [-0.2, 0) is 22.6 Å². The van der Waals surface area contributed by atoms with Crippen molar-refractivity contribution in [2.75, 3.05) is 31.1 Å². The number of carbonyl (C=O) groups is 1. The van der Waals surface area contributed by atoms with E-state index in [-0.39, 0.29) is 23.7 Å². The molecule has 0 aliphatic carbocycles. The molecule has 2 fully saturated rings. The van der Waals surface area contributed by atoms with Crippen molar-refractivity contribution in [3.63, 3.8) is 0 Å². The summed E-state index contributed by atoms with van der Waals surface area (Å²) in [5.41, 5.74) is 3.90. The van der Waals surface area contributed by atoms with Gasteiger partial charge < -0.3 is 14.5 Å². The number of benzene rings is 1. The van der Waals surface area contributed by atoms with Crippen LogP contribution >= 0.6 is 11.6 Å². The third-order valence-electron chi connectivity index (χ3n) is 7.97. The molecule has 1 spiro atoms. The average molecular weight is 510 g/mol. The molecule has 7 nitrogen and oxygen atoms in total. The number of ether oxygens (including phenoxy) is 1. The number of pyridine rings is 1. The Bertz CT molecular complexity index is 1430. The van der Waals surface area contributed by atoms with Crippen molar-refractivity contribution in [2.45, 2.75) is 45.8 Å². The first kappa shape index (κ1) is 23.4. The fourth-order valence-corrected chi connectivity index (χ4v) is 6.23. The minimum atomic E-state index is -0.398. The highest BCUT2D eigenvalue weighted by molar-refractivity contribution is 6.33. The summed E-state index contributed by atoms with van der Waals surface area (Å²) in [5.74, 6) is -0.0609. The predicted octanol–water partition coefficient (Wildman–Crippen LogP) is 4.80. The highest BCUT2D eigenvalue weighted by atomic mass is 35.5. The van der Waals surface area contributed by atoms with Crippen molar-refractivity contribution < 1.29 is 13.9 Å². The summed E-state index contributed by atoms with van der Waals surface area (Å²) in [7, 11) is 0. The van der Waals surface area contributed by atoms with Gasteiger partial charge in [-0.1, -0.05) is 18.2 Å². The minimum absolute atomic E-state index is 0.0339. The Morgan fingerprint density at radius 3 is 2.83 bits per heavy atom. The summed E-state index contributed by atoms with van der Waals surface area (Å²) in [6, 6.07) is 1.85. The van der Waals surface area contributed by atoms with Gasteiger partial charge in [-0.05, 0) is 44.9 Å². The van der Waals surface area contributed by atoms with Crippen LogP contribution in [0.4, 0.5) is 10.2 Å². The third-order valence-corrected chi connectivity index (χ3v) is 8.36. The maximum atomic E-state index is 16.7. The molecule has 3 aromatic rings. The number of likely N-dealkylation sites (tertiary alicyclic amines) is 1. The number of halogens is 2. The Morgan fingerprint density at radius 2 is 2.08 bits per heavy atom. The van der Waals surface area contributed by atoms with E-state index in [0.29, 0.717) is 54.6 Å². The van der Waals surface area contributed by atoms with Crippen LogP contribution in [0.5, 0.6) is 0 Å². The van der Waals surface area contributed by atoms with E-state index < -0.39 is 5.60 Å². The van der Waals surface area contributed by atoms with Crippen molar-refractivity contribution in [2.24, 2.45) is 5.41 Å². The average Bonchev–Trinajstić information content (AvgIpc) is 3.46. The molecule has 5 heterocycles. The van der Waals surface area contributed by atoms with Crippen molar-refractivity contribution in [1.82, 2.24) is 20.1 Å². The Morgan fingerprint density at radius 1 is 1.31 bits per heavy atom. The second-order valence-corrected chi connectivity index (χ2v) is 11.4. The number of nitrogens with zero attached hydrogens (tertiary/aromatic N) is 4. The van der Waals surface area contributed by atoms with Crippen molar-refractivity contribution in [3.8, 4) is 11.1 Å². The number of hydrogen-bond acceptors (Lipinski definition) is 5. The van der Waals surface area contributed by atoms with Crippen LogP contribution in [0.1, 0.15) is 37.1 Å². The third kappa shape index (κ3) is 3.53. The fraction of sp³-hybridized carbons (Fsp3) is 0.444. The molecule has 1 N–H and O–H groups in total. The van der Waals surface area contributed by atoms with Crippen molar-refractivity contribution in [1.29, 1.82) is 0 Å². The first-order chi connectivity index (χ1) is 17.1. The summed E-state index contributed by atoms with van der Waals surface area (Å²) >= 11 is 6.60. The maximum absolute atomic E-state index is 16.7. The number of hydrogen-bond donors (Lipinski definition) is 1. The Labute approximate surface area is 214 Å². The van der Waals surface area contributed by atoms with Gasteiger partial charge in [0.05, 0.1) is 29.6 Å². The number of aromatic amines is 1. The van der Waals surface area contributed by atoms with Crippen molar-refractivity contribution >= 4 is 34.2 Å². The molecule has 0 bridgehead atoms. The Balaban J connectivity index is 1.48. The normalized spacial score (nSPS) is 20.0. The van der Waals surface area contributed by atoms with Gasteiger partial charge in [-0.3, -0.25) is 9.89 Å². The molecule has 1 aromatic carbocycles. The van der Waals surface area contributed by atoms with E-state index in [1.54, 1.807) is 11.1 Å². The molecular weight excluding hydrogens is 481 g/mol. The molecule has 6 rings (SSSR count). The van der Waals surface area contributed by atoms with E-state index >= 15 is 4.39 Å². The Hall–Kier alpha value is -2.97. The monoisotopic (exact) mass is 509 g/mol. The molecule has 0 saturated carbocycles. The lowest BCUT2D eigenvalue weighted by Crippen LogP contribution is -2.59. The van der Waals surface area contributed by atoms with E-state index in [2.05, 4.69) is 16.8 Å². The maximum Gasteiger partial charge on any atom is 0.245 e. The topological polar surface area (TPSA) is 74.4 Å². The molecule has 36 heavy (non-hydrogen) atoms. The number of nitrogens with one attached hydrogen (secondary N) is 1. The first-order valence-corrected chi connectivity index (χ1v) is 12.6. The number of H-pyrrole nitrogens is 1. The largest absolute Gasteiger partial charge is 0.370 e. The summed E-state index contributed by atoms with van der Waals surface area (Å²) < 4.78 is 22.8. The van der Waals surface area contributed by atoms with Gasteiger partial charge in [-0.25, -0.2) is 9.37 Å². The number of carbonyl (C=O) groups excluding carboxylic acids is 1. The van der Waals surface area contributed by atoms with Crippen LogP contribution in [0.25, 0.3) is 22.0 Å². The van der Waals surface area contributed by atoms with Crippen LogP contribution in [0, 0.1) is 18.2 Å². The van der Waals surface area contributed by atoms with Gasteiger partial charge >= 0.3 is 0 Å². The lowest BCUT2D eigenvalue weighted by Gasteiger charge is -2.47. The molecule has 0 unspecified atom stereocenters. The van der Waals surface area contributed by atoms with E-state index in [1.807, 2.05) is 31.7 Å². The molecule has 3 aliphatic rings. The molecule has 9 heteroatoms. The lowest BCUT2D eigenvalue weighted by atomic mass is 9.79. The van der Waals surface area contributed by atoms with Gasteiger partial charge in [0.15, 0.2) is 11.6 Å². The van der Waals surface area contributed by atoms with Crippen molar-refractivity contribution in [3.05, 3.63) is 52.6 Å². The van der Waals surface area contributed by atoms with Crippen LogP contribution in [0.2, 0.25) is 5.02 Å². The molecule has 3 aliphatic heterocycles. The summed E-state index contributed by atoms with van der Waals surface area (Å²) in [6.07, 6.45) is 4.52. The quantitative estimate of drug-likeness (QED) is 0.513. The zero-order chi connectivity index (χ0) is 25.4. The van der Waals surface area contributed by atoms with Crippen LogP contribution in [-0.4, -0.2) is 57.8 Å². The van der Waals surface area contributed by atoms with Crippen LogP contribution in [0.3, 0.4) is 0 Å². The van der Waals surface area contributed by atoms with E-state index in [0.717, 1.165) is 34.1 Å². The highest BCUT2D eigenvalue weighted by Gasteiger charge is 2.50. The SMILES string of the molecule is C=CC(=O)N1CC2(CCN(c3nc4c(c(-c5c(C)c(Cl)cc6cn[nH]c56)c3F)COC(C)(C)C4)C2)C1. The van der Waals surface area contributed by atoms with Crippen LogP contribution in [0.15, 0.2) is 24.9 Å². The van der Waals surface area contributed by atoms with Gasteiger partial charge in [-0.2, -0.15) is 5.10 Å². The first-order valence-electron chi connectivity index (χ1n) is 12.3. The lowest BCUT2D eigenvalue weighted by molar-refractivity contribution is -0.136. The van der Waals surface area contributed by atoms with E-state index in [1.165, 1.54) is 6.08 Å². The second kappa shape index (κ2) is 8.02. The summed E-state index contributed by atoms with van der Waals surface area (Å²) in [6.45, 7) is 12.5. The molecule has 0 atom stereocenters. The highest BCUT2D eigenvalue weighted by Crippen LogP contribution is 2.46. The number of amides is 1. The van der Waals surface area contributed by atoms with Crippen LogP contribution < -0.4 is 4.90 Å². The van der Waals surface area contributed by atoms with Gasteiger partial charge in [0.1, 0.15) is 0 Å². The van der Waals surface area contributed by atoms with Gasteiger partial charge in [0.25, 0.3) is 0 Å².